The Hall–Kier alpha value is -2.31. The highest BCUT2D eigenvalue weighted by molar-refractivity contribution is 7.80. The first-order valence-electron chi connectivity index (χ1n) is 7.37. The molecule has 0 N–H and O–H groups in total. The molecule has 22 heavy (non-hydrogen) atoms. The van der Waals surface area contributed by atoms with E-state index in [1.807, 2.05) is 78.9 Å². The molecule has 0 aliphatic carbocycles. The molecule has 0 bridgehead atoms. The van der Waals surface area contributed by atoms with E-state index in [2.05, 4.69) is 10.7 Å². The van der Waals surface area contributed by atoms with E-state index in [1.54, 1.807) is 0 Å². The molecule has 1 atom stereocenters. The average molecular weight is 305 g/mol. The summed E-state index contributed by atoms with van der Waals surface area (Å²) in [5, 5.41) is 1.86. The van der Waals surface area contributed by atoms with Gasteiger partial charge in [0.15, 0.2) is 0 Å². The molecule has 3 aromatic rings. The number of hydrogen-bond acceptors (Lipinski definition) is 1. The predicted octanol–water partition coefficient (Wildman–Crippen LogP) is 3.94. The maximum Gasteiger partial charge on any atom is 0.230 e. The Morgan fingerprint density at radius 2 is 1.32 bits per heavy atom. The van der Waals surface area contributed by atoms with Crippen LogP contribution in [0.4, 0.5) is 5.69 Å². The molecule has 0 radical (unpaired) electrons. The molecule has 0 saturated heterocycles. The molecule has 0 fully saturated rings. The summed E-state index contributed by atoms with van der Waals surface area (Å²) < 4.78 is 16.2. The van der Waals surface area contributed by atoms with Gasteiger partial charge in [-0.1, -0.05) is 54.6 Å². The number of anilines is 1. The Labute approximate surface area is 130 Å². The molecule has 0 aromatic heterocycles. The van der Waals surface area contributed by atoms with E-state index in [0.717, 1.165) is 21.9 Å². The maximum absolute atomic E-state index is 14.1. The molecule has 108 valence electrons. The van der Waals surface area contributed by atoms with E-state index < -0.39 is 7.29 Å². The lowest BCUT2D eigenvalue weighted by Gasteiger charge is -2.27. The highest BCUT2D eigenvalue weighted by atomic mass is 31.2. The van der Waals surface area contributed by atoms with E-state index in [4.69, 9.17) is 0 Å². The highest BCUT2D eigenvalue weighted by Crippen LogP contribution is 2.55. The molecule has 1 aliphatic heterocycles. The third kappa shape index (κ3) is 1.92. The summed E-state index contributed by atoms with van der Waals surface area (Å²) in [6, 6.07) is 27.9. The minimum absolute atomic E-state index is 0.687. The van der Waals surface area contributed by atoms with Crippen LogP contribution in [0.15, 0.2) is 84.9 Å². The van der Waals surface area contributed by atoms with Gasteiger partial charge in [-0.2, -0.15) is 0 Å². The van der Waals surface area contributed by atoms with Gasteiger partial charge in [0.05, 0.1) is 6.54 Å². The summed E-state index contributed by atoms with van der Waals surface area (Å²) in [6.45, 7) is 0.687. The van der Waals surface area contributed by atoms with Crippen molar-refractivity contribution in [2.75, 3.05) is 4.67 Å². The van der Waals surface area contributed by atoms with Crippen LogP contribution < -0.4 is 15.3 Å². The van der Waals surface area contributed by atoms with Gasteiger partial charge >= 0.3 is 0 Å². The van der Waals surface area contributed by atoms with Crippen molar-refractivity contribution in [1.29, 1.82) is 0 Å². The molecule has 4 rings (SSSR count). The molecule has 1 aliphatic rings. The molecule has 3 heteroatoms. The van der Waals surface area contributed by atoms with Crippen molar-refractivity contribution in [2.45, 2.75) is 6.54 Å². The fourth-order valence-electron chi connectivity index (χ4n) is 3.09. The van der Waals surface area contributed by atoms with Gasteiger partial charge in [0.25, 0.3) is 0 Å². The number of rotatable bonds is 2. The SMILES string of the molecule is O=P1(c2ccccc2)c2ccccc2CN1c1ccccc1. The normalized spacial score (nSPS) is 19.9. The lowest BCUT2D eigenvalue weighted by molar-refractivity contribution is 0.585. The summed E-state index contributed by atoms with van der Waals surface area (Å²) in [5.41, 5.74) is 2.16. The van der Waals surface area contributed by atoms with Crippen LogP contribution in [-0.4, -0.2) is 0 Å². The first-order valence-corrected chi connectivity index (χ1v) is 9.03. The Balaban J connectivity index is 1.96. The molecular weight excluding hydrogens is 289 g/mol. The quantitative estimate of drug-likeness (QED) is 0.669. The number of nitrogens with zero attached hydrogens (tertiary/aromatic N) is 1. The Bertz CT molecular complexity index is 846. The molecule has 3 aromatic carbocycles. The van der Waals surface area contributed by atoms with Gasteiger partial charge in [0.1, 0.15) is 0 Å². The van der Waals surface area contributed by atoms with Crippen LogP contribution in [0.25, 0.3) is 0 Å². The molecule has 0 spiro atoms. The van der Waals surface area contributed by atoms with Gasteiger partial charge in [-0.15, -0.1) is 0 Å². The van der Waals surface area contributed by atoms with Gasteiger partial charge in [0, 0.05) is 16.3 Å². The van der Waals surface area contributed by atoms with Crippen LogP contribution >= 0.6 is 7.29 Å². The molecular formula is C19H16NOP. The van der Waals surface area contributed by atoms with E-state index in [0.29, 0.717) is 6.54 Å². The van der Waals surface area contributed by atoms with Crippen molar-refractivity contribution in [3.05, 3.63) is 90.5 Å². The summed E-state index contributed by atoms with van der Waals surface area (Å²) >= 11 is 0. The monoisotopic (exact) mass is 305 g/mol. The van der Waals surface area contributed by atoms with Crippen LogP contribution in [0, 0.1) is 0 Å². The lowest BCUT2D eigenvalue weighted by Crippen LogP contribution is -2.24. The van der Waals surface area contributed by atoms with E-state index >= 15 is 0 Å². The van der Waals surface area contributed by atoms with Crippen molar-refractivity contribution >= 4 is 23.6 Å². The zero-order valence-corrected chi connectivity index (χ0v) is 13.0. The fourth-order valence-corrected chi connectivity index (χ4v) is 6.12. The van der Waals surface area contributed by atoms with Crippen LogP contribution in [0.2, 0.25) is 0 Å². The van der Waals surface area contributed by atoms with Crippen LogP contribution in [0.3, 0.4) is 0 Å². The Morgan fingerprint density at radius 3 is 2.05 bits per heavy atom. The minimum atomic E-state index is -2.81. The topological polar surface area (TPSA) is 20.3 Å². The first kappa shape index (κ1) is 13.4. The number of fused-ring (bicyclic) bond motifs is 1. The van der Waals surface area contributed by atoms with Crippen molar-refractivity contribution in [3.8, 4) is 0 Å². The smallest absolute Gasteiger partial charge is 0.230 e. The molecule has 0 saturated carbocycles. The standard InChI is InChI=1S/C19H16NOP/c21-22(18-12-5-2-6-13-18)19-14-8-7-9-16(19)15-20(22)17-10-3-1-4-11-17/h1-14H,15H2. The second kappa shape index (κ2) is 5.15. The van der Waals surface area contributed by atoms with Gasteiger partial charge in [-0.05, 0) is 35.9 Å². The van der Waals surface area contributed by atoms with Crippen molar-refractivity contribution in [1.82, 2.24) is 0 Å². The molecule has 1 unspecified atom stereocenters. The molecule has 2 nitrogen and oxygen atoms in total. The van der Waals surface area contributed by atoms with E-state index in [9.17, 15) is 4.57 Å². The van der Waals surface area contributed by atoms with Gasteiger partial charge < -0.3 is 4.67 Å². The third-order valence-electron chi connectivity index (χ3n) is 4.14. The van der Waals surface area contributed by atoms with Gasteiger partial charge in [-0.3, -0.25) is 4.57 Å². The van der Waals surface area contributed by atoms with Gasteiger partial charge in [-0.25, -0.2) is 0 Å². The second-order valence-corrected chi connectivity index (χ2v) is 8.07. The number of para-hydroxylation sites is 1. The molecule has 1 heterocycles. The number of hydrogen-bond donors (Lipinski definition) is 0. The zero-order chi connectivity index (χ0) is 15.0. The van der Waals surface area contributed by atoms with Crippen molar-refractivity contribution in [2.24, 2.45) is 0 Å². The second-order valence-electron chi connectivity index (χ2n) is 5.43. The predicted molar refractivity (Wildman–Crippen MR) is 92.4 cm³/mol. The molecule has 0 amide bonds. The minimum Gasteiger partial charge on any atom is -0.311 e. The summed E-state index contributed by atoms with van der Waals surface area (Å²) in [7, 11) is -2.81. The van der Waals surface area contributed by atoms with Crippen molar-refractivity contribution < 1.29 is 4.57 Å². The van der Waals surface area contributed by atoms with Crippen LogP contribution in [-0.2, 0) is 11.1 Å². The first-order chi connectivity index (χ1) is 10.8. The summed E-state index contributed by atoms with van der Waals surface area (Å²) in [4.78, 5) is 0. The third-order valence-corrected chi connectivity index (χ3v) is 7.28. The van der Waals surface area contributed by atoms with Crippen LogP contribution in [0.1, 0.15) is 5.56 Å². The summed E-state index contributed by atoms with van der Waals surface area (Å²) in [6.07, 6.45) is 0. The van der Waals surface area contributed by atoms with E-state index in [1.165, 1.54) is 0 Å². The number of benzene rings is 3. The fraction of sp³-hybridized carbons (Fsp3) is 0.0526. The largest absolute Gasteiger partial charge is 0.311 e. The zero-order valence-electron chi connectivity index (χ0n) is 12.1. The van der Waals surface area contributed by atoms with Crippen molar-refractivity contribution in [3.63, 3.8) is 0 Å². The Kier molecular flexibility index (Phi) is 3.13. The van der Waals surface area contributed by atoms with Gasteiger partial charge in [0.2, 0.25) is 7.29 Å². The Morgan fingerprint density at radius 1 is 0.727 bits per heavy atom. The average Bonchev–Trinajstić information content (AvgIpc) is 2.91. The van der Waals surface area contributed by atoms with Crippen LogP contribution in [0.5, 0.6) is 0 Å². The maximum atomic E-state index is 14.1. The lowest BCUT2D eigenvalue weighted by atomic mass is 10.2. The summed E-state index contributed by atoms with van der Waals surface area (Å²) in [5.74, 6) is 0. The highest BCUT2D eigenvalue weighted by Gasteiger charge is 2.41. The van der Waals surface area contributed by atoms with E-state index in [-0.39, 0.29) is 0 Å².